The van der Waals surface area contributed by atoms with Gasteiger partial charge < -0.3 is 14.9 Å². The van der Waals surface area contributed by atoms with E-state index in [-0.39, 0.29) is 18.6 Å². The van der Waals surface area contributed by atoms with E-state index < -0.39 is 0 Å². The third-order valence-corrected chi connectivity index (χ3v) is 3.35. The first kappa shape index (κ1) is 15.4. The molecule has 0 aliphatic rings. The van der Waals surface area contributed by atoms with Crippen LogP contribution in [0, 0.1) is 0 Å². The highest BCUT2D eigenvalue weighted by Crippen LogP contribution is 2.16. The molecule has 1 aromatic heterocycles. The summed E-state index contributed by atoms with van der Waals surface area (Å²) in [7, 11) is 1.89. The average molecular weight is 265 g/mol. The van der Waals surface area contributed by atoms with Crippen molar-refractivity contribution in [3.63, 3.8) is 0 Å². The minimum atomic E-state index is -0.0584. The van der Waals surface area contributed by atoms with E-state index in [0.717, 1.165) is 5.69 Å². The van der Waals surface area contributed by atoms with Gasteiger partial charge in [0.1, 0.15) is 5.69 Å². The summed E-state index contributed by atoms with van der Waals surface area (Å²) in [4.78, 5) is 20.0. The summed E-state index contributed by atoms with van der Waals surface area (Å²) in [5, 5.41) is 9.18. The standard InChI is InChI=1S/C14H23N3O2/c1-5-17(6-2)14(19)13-9-12(7-8-15-13)16(4)11(3)10-18/h7-9,11,18H,5-6,10H2,1-4H3. The van der Waals surface area contributed by atoms with Crippen LogP contribution in [0.3, 0.4) is 0 Å². The van der Waals surface area contributed by atoms with Crippen LogP contribution >= 0.6 is 0 Å². The summed E-state index contributed by atoms with van der Waals surface area (Å²) >= 11 is 0. The van der Waals surface area contributed by atoms with Crippen molar-refractivity contribution < 1.29 is 9.90 Å². The van der Waals surface area contributed by atoms with E-state index in [9.17, 15) is 9.90 Å². The molecule has 1 atom stereocenters. The van der Waals surface area contributed by atoms with Gasteiger partial charge in [0.2, 0.25) is 0 Å². The Labute approximate surface area is 114 Å². The Bertz CT molecular complexity index is 419. The zero-order chi connectivity index (χ0) is 14.4. The van der Waals surface area contributed by atoms with E-state index in [1.807, 2.05) is 38.8 Å². The zero-order valence-corrected chi connectivity index (χ0v) is 12.1. The third-order valence-electron chi connectivity index (χ3n) is 3.35. The number of nitrogens with zero attached hydrogens (tertiary/aromatic N) is 3. The van der Waals surface area contributed by atoms with E-state index in [1.54, 1.807) is 17.2 Å². The van der Waals surface area contributed by atoms with Gasteiger partial charge in [-0.1, -0.05) is 0 Å². The second kappa shape index (κ2) is 7.09. The molecule has 1 N–H and O–H groups in total. The first-order valence-electron chi connectivity index (χ1n) is 6.64. The number of carbonyl (C=O) groups excluding carboxylic acids is 1. The fraction of sp³-hybridized carbons (Fsp3) is 0.571. The van der Waals surface area contributed by atoms with Crippen LogP contribution in [0.5, 0.6) is 0 Å². The van der Waals surface area contributed by atoms with Gasteiger partial charge in [-0.05, 0) is 32.9 Å². The normalized spacial score (nSPS) is 12.1. The number of aromatic nitrogens is 1. The highest BCUT2D eigenvalue weighted by molar-refractivity contribution is 5.93. The minimum Gasteiger partial charge on any atom is -0.394 e. The molecule has 1 heterocycles. The van der Waals surface area contributed by atoms with Crippen molar-refractivity contribution in [1.82, 2.24) is 9.88 Å². The highest BCUT2D eigenvalue weighted by Gasteiger charge is 2.16. The van der Waals surface area contributed by atoms with E-state index in [4.69, 9.17) is 0 Å². The number of pyridine rings is 1. The van der Waals surface area contributed by atoms with Crippen LogP contribution in [0.2, 0.25) is 0 Å². The monoisotopic (exact) mass is 265 g/mol. The van der Waals surface area contributed by atoms with Gasteiger partial charge >= 0.3 is 0 Å². The molecule has 0 saturated carbocycles. The van der Waals surface area contributed by atoms with Gasteiger partial charge in [-0.2, -0.15) is 0 Å². The number of likely N-dealkylation sites (N-methyl/N-ethyl adjacent to an activating group) is 1. The van der Waals surface area contributed by atoms with Gasteiger partial charge in [0.15, 0.2) is 0 Å². The topological polar surface area (TPSA) is 56.7 Å². The van der Waals surface area contributed by atoms with E-state index >= 15 is 0 Å². The lowest BCUT2D eigenvalue weighted by Crippen LogP contribution is -2.33. The maximum Gasteiger partial charge on any atom is 0.272 e. The number of amides is 1. The number of anilines is 1. The van der Waals surface area contributed by atoms with E-state index in [0.29, 0.717) is 18.8 Å². The van der Waals surface area contributed by atoms with Crippen molar-refractivity contribution in [2.75, 3.05) is 31.6 Å². The van der Waals surface area contributed by atoms with Crippen molar-refractivity contribution in [3.05, 3.63) is 24.0 Å². The largest absolute Gasteiger partial charge is 0.394 e. The van der Waals surface area contributed by atoms with Crippen LogP contribution in [0.4, 0.5) is 5.69 Å². The van der Waals surface area contributed by atoms with Crippen molar-refractivity contribution in [2.45, 2.75) is 26.8 Å². The SMILES string of the molecule is CCN(CC)C(=O)c1cc(N(C)C(C)CO)ccn1. The van der Waals surface area contributed by atoms with Crippen LogP contribution in [-0.4, -0.2) is 53.7 Å². The smallest absolute Gasteiger partial charge is 0.272 e. The summed E-state index contributed by atoms with van der Waals surface area (Å²) < 4.78 is 0. The Morgan fingerprint density at radius 2 is 2.05 bits per heavy atom. The summed E-state index contributed by atoms with van der Waals surface area (Å²) in [5.41, 5.74) is 1.32. The van der Waals surface area contributed by atoms with Crippen molar-refractivity contribution in [3.8, 4) is 0 Å². The molecular weight excluding hydrogens is 242 g/mol. The molecule has 1 rings (SSSR count). The quantitative estimate of drug-likeness (QED) is 0.844. The molecular formula is C14H23N3O2. The van der Waals surface area contributed by atoms with Gasteiger partial charge in [0.25, 0.3) is 5.91 Å². The predicted octanol–water partition coefficient (Wildman–Crippen LogP) is 1.38. The van der Waals surface area contributed by atoms with Gasteiger partial charge in [0, 0.05) is 38.1 Å². The first-order valence-corrected chi connectivity index (χ1v) is 6.64. The van der Waals surface area contributed by atoms with Gasteiger partial charge in [0.05, 0.1) is 6.61 Å². The Kier molecular flexibility index (Phi) is 5.76. The lowest BCUT2D eigenvalue weighted by atomic mass is 10.2. The molecule has 1 unspecified atom stereocenters. The molecule has 0 aliphatic carbocycles. The summed E-state index contributed by atoms with van der Waals surface area (Å²) in [6.45, 7) is 7.23. The molecule has 106 valence electrons. The van der Waals surface area contributed by atoms with Crippen LogP contribution in [0.15, 0.2) is 18.3 Å². The van der Waals surface area contributed by atoms with Gasteiger partial charge in [-0.3, -0.25) is 9.78 Å². The molecule has 0 aliphatic heterocycles. The molecule has 5 heteroatoms. The molecule has 1 aromatic rings. The number of rotatable bonds is 6. The summed E-state index contributed by atoms with van der Waals surface area (Å²) in [6, 6.07) is 3.61. The molecule has 0 spiro atoms. The number of hydrogen-bond donors (Lipinski definition) is 1. The lowest BCUT2D eigenvalue weighted by molar-refractivity contribution is 0.0767. The van der Waals surface area contributed by atoms with Crippen molar-refractivity contribution >= 4 is 11.6 Å². The number of aliphatic hydroxyl groups is 1. The van der Waals surface area contributed by atoms with Crippen LogP contribution in [0.1, 0.15) is 31.3 Å². The maximum absolute atomic E-state index is 12.2. The number of aliphatic hydroxyl groups excluding tert-OH is 1. The van der Waals surface area contributed by atoms with Crippen LogP contribution in [-0.2, 0) is 0 Å². The fourth-order valence-electron chi connectivity index (χ4n) is 1.81. The number of carbonyl (C=O) groups is 1. The first-order chi connectivity index (χ1) is 9.04. The number of hydrogen-bond acceptors (Lipinski definition) is 4. The molecule has 5 nitrogen and oxygen atoms in total. The minimum absolute atomic E-state index is 0.00111. The second-order valence-corrected chi connectivity index (χ2v) is 4.52. The third kappa shape index (κ3) is 3.67. The second-order valence-electron chi connectivity index (χ2n) is 4.52. The molecule has 0 bridgehead atoms. The van der Waals surface area contributed by atoms with Crippen molar-refractivity contribution in [1.29, 1.82) is 0 Å². The zero-order valence-electron chi connectivity index (χ0n) is 12.1. The van der Waals surface area contributed by atoms with Crippen LogP contribution in [0.25, 0.3) is 0 Å². The molecule has 19 heavy (non-hydrogen) atoms. The Balaban J connectivity index is 2.97. The fourth-order valence-corrected chi connectivity index (χ4v) is 1.81. The Morgan fingerprint density at radius 1 is 1.42 bits per heavy atom. The maximum atomic E-state index is 12.2. The Morgan fingerprint density at radius 3 is 2.58 bits per heavy atom. The molecule has 0 fully saturated rings. The molecule has 1 amide bonds. The van der Waals surface area contributed by atoms with E-state index in [2.05, 4.69) is 4.98 Å². The molecule has 0 aromatic carbocycles. The Hall–Kier alpha value is -1.62. The summed E-state index contributed by atoms with van der Waals surface area (Å²) in [5.74, 6) is -0.0584. The van der Waals surface area contributed by atoms with Gasteiger partial charge in [-0.25, -0.2) is 0 Å². The van der Waals surface area contributed by atoms with E-state index in [1.165, 1.54) is 0 Å². The average Bonchev–Trinajstić information content (AvgIpc) is 2.46. The van der Waals surface area contributed by atoms with Crippen LogP contribution < -0.4 is 4.90 Å². The molecule has 0 radical (unpaired) electrons. The lowest BCUT2D eigenvalue weighted by Gasteiger charge is -2.26. The predicted molar refractivity (Wildman–Crippen MR) is 76.4 cm³/mol. The van der Waals surface area contributed by atoms with Gasteiger partial charge in [-0.15, -0.1) is 0 Å². The summed E-state index contributed by atoms with van der Waals surface area (Å²) in [6.07, 6.45) is 1.63. The molecule has 0 saturated heterocycles. The van der Waals surface area contributed by atoms with Crippen molar-refractivity contribution in [2.24, 2.45) is 0 Å². The highest BCUT2D eigenvalue weighted by atomic mass is 16.3.